The van der Waals surface area contributed by atoms with Crippen molar-refractivity contribution in [2.75, 3.05) is 0 Å². The Hall–Kier alpha value is -1.39. The fourth-order valence-electron chi connectivity index (χ4n) is 5.42. The van der Waals surface area contributed by atoms with Gasteiger partial charge in [0, 0.05) is 14.0 Å². The summed E-state index contributed by atoms with van der Waals surface area (Å²) in [5.74, 6) is 2.38. The predicted molar refractivity (Wildman–Crippen MR) is 120 cm³/mol. The van der Waals surface area contributed by atoms with E-state index in [1.165, 1.54) is 5.56 Å². The molecule has 1 saturated carbocycles. The van der Waals surface area contributed by atoms with Crippen LogP contribution in [0.3, 0.4) is 0 Å². The molecule has 2 aliphatic carbocycles. The minimum absolute atomic E-state index is 0.756. The zero-order chi connectivity index (χ0) is 18.7. The average Bonchev–Trinajstić information content (AvgIpc) is 3.45. The Kier molecular flexibility index (Phi) is 4.20. The summed E-state index contributed by atoms with van der Waals surface area (Å²) < 4.78 is 0. The van der Waals surface area contributed by atoms with Crippen molar-refractivity contribution in [3.05, 3.63) is 77.0 Å². The molecule has 0 N–H and O–H groups in total. The lowest BCUT2D eigenvalue weighted by Gasteiger charge is -2.18. The maximum Gasteiger partial charge on any atom is 0.0736 e. The monoisotopic (exact) mass is 376 g/mol. The molecule has 2 aromatic rings. The van der Waals surface area contributed by atoms with Crippen molar-refractivity contribution in [1.82, 2.24) is 0 Å². The molecule has 0 amide bonds. The first-order valence-corrected chi connectivity index (χ1v) is 17.1. The van der Waals surface area contributed by atoms with E-state index in [0.717, 1.165) is 23.3 Å². The molecular weight excluding hydrogens is 344 g/mol. The van der Waals surface area contributed by atoms with Gasteiger partial charge in [0.2, 0.25) is 0 Å². The van der Waals surface area contributed by atoms with Crippen LogP contribution in [0, 0.1) is 11.8 Å². The van der Waals surface area contributed by atoms with E-state index >= 15 is 0 Å². The van der Waals surface area contributed by atoms with Gasteiger partial charge < -0.3 is 0 Å². The van der Waals surface area contributed by atoms with Gasteiger partial charge in [0.25, 0.3) is 0 Å². The fourth-order valence-corrected chi connectivity index (χ4v) is 10.7. The van der Waals surface area contributed by atoms with Gasteiger partial charge in [0.1, 0.15) is 0 Å². The van der Waals surface area contributed by atoms with E-state index in [4.69, 9.17) is 0 Å². The van der Waals surface area contributed by atoms with Gasteiger partial charge in [-0.05, 0) is 34.1 Å². The molecule has 4 rings (SSSR count). The van der Waals surface area contributed by atoms with Gasteiger partial charge in [-0.1, -0.05) is 105 Å². The van der Waals surface area contributed by atoms with Crippen LogP contribution in [0.1, 0.15) is 17.0 Å². The predicted octanol–water partition coefficient (Wildman–Crippen LogP) is 7.07. The first-order chi connectivity index (χ1) is 12.2. The summed E-state index contributed by atoms with van der Waals surface area (Å²) in [4.78, 5) is 0. The van der Waals surface area contributed by atoms with Gasteiger partial charge in [-0.2, -0.15) is 0 Å². The van der Waals surface area contributed by atoms with E-state index in [2.05, 4.69) is 99.9 Å². The van der Waals surface area contributed by atoms with Gasteiger partial charge in [-0.15, -0.1) is 0 Å². The second-order valence-electron chi connectivity index (χ2n) is 10.3. The maximum absolute atomic E-state index is 2.58. The van der Waals surface area contributed by atoms with Crippen molar-refractivity contribution < 1.29 is 0 Å². The highest BCUT2D eigenvalue weighted by molar-refractivity contribution is 6.86. The number of rotatable bonds is 5. The third kappa shape index (κ3) is 3.07. The van der Waals surface area contributed by atoms with Crippen molar-refractivity contribution in [2.24, 2.45) is 11.8 Å². The molecule has 2 aliphatic rings. The average molecular weight is 377 g/mol. The summed E-state index contributed by atoms with van der Waals surface area (Å²) in [6, 6.07) is 22.6. The lowest BCUT2D eigenvalue weighted by molar-refractivity contribution is 0.737. The molecule has 0 aliphatic heterocycles. The molecule has 0 heterocycles. The van der Waals surface area contributed by atoms with Crippen LogP contribution in [0.2, 0.25) is 44.8 Å². The summed E-state index contributed by atoms with van der Waals surface area (Å²) in [6.07, 6.45) is 0. The van der Waals surface area contributed by atoms with Crippen molar-refractivity contribution in [1.29, 1.82) is 0 Å². The number of allylic oxidation sites excluding steroid dienone is 2. The van der Waals surface area contributed by atoms with Crippen LogP contribution in [0.4, 0.5) is 0 Å². The normalized spacial score (nSPS) is 28.2. The van der Waals surface area contributed by atoms with Gasteiger partial charge >= 0.3 is 0 Å². The van der Waals surface area contributed by atoms with Crippen molar-refractivity contribution >= 4 is 21.7 Å². The Labute approximate surface area is 161 Å². The van der Waals surface area contributed by atoms with E-state index in [1.54, 1.807) is 11.1 Å². The largest absolute Gasteiger partial charge is 0.0736 e. The molecular formula is C24H32Si2. The van der Waals surface area contributed by atoms with Crippen LogP contribution in [0.15, 0.2) is 65.9 Å². The van der Waals surface area contributed by atoms with Crippen LogP contribution < -0.4 is 0 Å². The third-order valence-electron chi connectivity index (χ3n) is 6.37. The zero-order valence-electron chi connectivity index (χ0n) is 17.1. The first-order valence-electron chi connectivity index (χ1n) is 10.1. The van der Waals surface area contributed by atoms with Gasteiger partial charge in [0.15, 0.2) is 0 Å². The highest BCUT2D eigenvalue weighted by Crippen LogP contribution is 2.74. The lowest BCUT2D eigenvalue weighted by Crippen LogP contribution is -2.23. The summed E-state index contributed by atoms with van der Waals surface area (Å²) in [7, 11) is -2.47. The van der Waals surface area contributed by atoms with E-state index < -0.39 is 16.1 Å². The fraction of sp³-hybridized carbons (Fsp3) is 0.417. The Morgan fingerprint density at radius 1 is 0.692 bits per heavy atom. The van der Waals surface area contributed by atoms with Crippen LogP contribution in [0.5, 0.6) is 0 Å². The summed E-state index contributed by atoms with van der Waals surface area (Å²) in [6.45, 7) is 15.3. The Morgan fingerprint density at radius 2 is 1.23 bits per heavy atom. The summed E-state index contributed by atoms with van der Waals surface area (Å²) in [5, 5.41) is 1.86. The number of hydrogen-bond acceptors (Lipinski definition) is 0. The number of benzene rings is 2. The minimum atomic E-state index is -1.28. The Balaban J connectivity index is 1.70. The quantitative estimate of drug-likeness (QED) is 0.489. The molecule has 26 heavy (non-hydrogen) atoms. The van der Waals surface area contributed by atoms with E-state index in [1.807, 2.05) is 5.20 Å². The van der Waals surface area contributed by atoms with E-state index in [9.17, 15) is 0 Å². The standard InChI is InChI=1S/C24H32Si2/c1-25(2,3)23-19(17-13-9-7-10-14-17)21(23)22-20(24(22)26(4,5)6)18-15-11-8-12-16-18/h7-16,19,21-23H,1-6H3/t19-,21+,22+,23-/m1/s1. The van der Waals surface area contributed by atoms with Crippen LogP contribution >= 0.6 is 0 Å². The van der Waals surface area contributed by atoms with Crippen LogP contribution in [-0.4, -0.2) is 16.1 Å². The molecule has 2 aromatic carbocycles. The molecule has 0 nitrogen and oxygen atoms in total. The van der Waals surface area contributed by atoms with Crippen molar-refractivity contribution in [3.8, 4) is 0 Å². The van der Waals surface area contributed by atoms with Crippen molar-refractivity contribution in [2.45, 2.75) is 50.7 Å². The highest BCUT2D eigenvalue weighted by atomic mass is 28.3. The second-order valence-corrected chi connectivity index (χ2v) is 20.8. The molecule has 0 radical (unpaired) electrons. The smallest absolute Gasteiger partial charge is 0.0693 e. The minimum Gasteiger partial charge on any atom is -0.0693 e. The van der Waals surface area contributed by atoms with E-state index in [0.29, 0.717) is 0 Å². The Bertz CT molecular complexity index is 822. The topological polar surface area (TPSA) is 0 Å². The first kappa shape index (κ1) is 18.0. The number of hydrogen-bond donors (Lipinski definition) is 0. The van der Waals surface area contributed by atoms with Crippen LogP contribution in [0.25, 0.3) is 5.57 Å². The highest BCUT2D eigenvalue weighted by Gasteiger charge is 2.65. The van der Waals surface area contributed by atoms with Gasteiger partial charge in [0.05, 0.1) is 8.07 Å². The molecule has 1 fully saturated rings. The second kappa shape index (κ2) is 6.07. The third-order valence-corrected chi connectivity index (χ3v) is 11.3. The molecule has 2 heteroatoms. The van der Waals surface area contributed by atoms with E-state index in [-0.39, 0.29) is 0 Å². The Morgan fingerprint density at radius 3 is 1.73 bits per heavy atom. The maximum atomic E-state index is 2.58. The molecule has 0 spiro atoms. The lowest BCUT2D eigenvalue weighted by atomic mass is 10.0. The van der Waals surface area contributed by atoms with Crippen LogP contribution in [-0.2, 0) is 0 Å². The van der Waals surface area contributed by atoms with Crippen molar-refractivity contribution in [3.63, 3.8) is 0 Å². The zero-order valence-corrected chi connectivity index (χ0v) is 19.1. The summed E-state index contributed by atoms with van der Waals surface area (Å²) in [5.41, 5.74) is 5.71. The molecule has 0 saturated heterocycles. The van der Waals surface area contributed by atoms with Gasteiger partial charge in [-0.3, -0.25) is 0 Å². The molecule has 136 valence electrons. The molecule has 0 bridgehead atoms. The molecule has 0 aromatic heterocycles. The van der Waals surface area contributed by atoms with Gasteiger partial charge in [-0.25, -0.2) is 0 Å². The molecule has 4 atom stereocenters. The summed E-state index contributed by atoms with van der Waals surface area (Å²) >= 11 is 0. The SMILES string of the molecule is C[Si](C)(C)C1=C(c2ccccc2)[C@H]1[C@@H]1[C@@H](c2ccccc2)[C@H]1[Si](C)(C)C. The molecule has 0 unspecified atom stereocenters.